The van der Waals surface area contributed by atoms with Crippen molar-refractivity contribution in [3.8, 4) is 0 Å². The molecule has 5 heterocycles. The van der Waals surface area contributed by atoms with Crippen LogP contribution in [0, 0.1) is 5.92 Å². The van der Waals surface area contributed by atoms with Gasteiger partial charge in [-0.15, -0.1) is 0 Å². The first-order valence-corrected chi connectivity index (χ1v) is 7.49. The Kier molecular flexibility index (Phi) is 2.69. The van der Waals surface area contributed by atoms with Gasteiger partial charge in [-0.25, -0.2) is 4.98 Å². The molecule has 5 rings (SSSR count). The van der Waals surface area contributed by atoms with Crippen molar-refractivity contribution in [3.05, 3.63) is 18.2 Å². The number of hydrogen-bond acceptors (Lipinski definition) is 4. The molecule has 1 aromatic heterocycles. The second kappa shape index (κ2) is 4.30. The Hall–Kier alpha value is -0.910. The molecule has 0 amide bonds. The van der Waals surface area contributed by atoms with Crippen molar-refractivity contribution >= 4 is 0 Å². The first-order chi connectivity index (χ1) is 9.32. The molecule has 3 fully saturated rings. The molecule has 19 heavy (non-hydrogen) atoms. The van der Waals surface area contributed by atoms with E-state index in [0.29, 0.717) is 0 Å². The quantitative estimate of drug-likeness (QED) is 0.822. The molecule has 5 heteroatoms. The Morgan fingerprint density at radius 1 is 1.26 bits per heavy atom. The number of nitrogens with zero attached hydrogens (tertiary/aromatic N) is 4. The summed E-state index contributed by atoms with van der Waals surface area (Å²) < 4.78 is 2.28. The second-order valence-electron chi connectivity index (χ2n) is 6.32. The first kappa shape index (κ1) is 11.9. The summed E-state index contributed by atoms with van der Waals surface area (Å²) in [4.78, 5) is 9.73. The molecule has 2 bridgehead atoms. The van der Waals surface area contributed by atoms with E-state index in [2.05, 4.69) is 25.5 Å². The zero-order valence-electron chi connectivity index (χ0n) is 11.5. The zero-order valence-corrected chi connectivity index (χ0v) is 11.5. The predicted molar refractivity (Wildman–Crippen MR) is 73.6 cm³/mol. The molecule has 0 radical (unpaired) electrons. The maximum atomic E-state index is 6.26. The van der Waals surface area contributed by atoms with Crippen molar-refractivity contribution in [3.63, 3.8) is 0 Å². The van der Waals surface area contributed by atoms with Crippen molar-refractivity contribution < 1.29 is 0 Å². The minimum absolute atomic E-state index is 0.202. The van der Waals surface area contributed by atoms with E-state index >= 15 is 0 Å². The molecule has 1 unspecified atom stereocenters. The van der Waals surface area contributed by atoms with Gasteiger partial charge in [-0.05, 0) is 31.8 Å². The summed E-state index contributed by atoms with van der Waals surface area (Å²) in [6, 6.07) is 0. The van der Waals surface area contributed by atoms with Gasteiger partial charge < -0.3 is 15.2 Å². The summed E-state index contributed by atoms with van der Waals surface area (Å²) >= 11 is 0. The molecule has 1 aromatic rings. The van der Waals surface area contributed by atoms with Crippen LogP contribution >= 0.6 is 0 Å². The van der Waals surface area contributed by atoms with Gasteiger partial charge in [-0.1, -0.05) is 0 Å². The topological polar surface area (TPSA) is 50.3 Å². The van der Waals surface area contributed by atoms with Crippen LogP contribution in [0.5, 0.6) is 0 Å². The Labute approximate surface area is 114 Å². The summed E-state index contributed by atoms with van der Waals surface area (Å²) in [5.41, 5.74) is 6.46. The minimum Gasteiger partial charge on any atom is -0.333 e. The zero-order chi connectivity index (χ0) is 12.9. The van der Waals surface area contributed by atoms with E-state index in [4.69, 9.17) is 5.73 Å². The Balaban J connectivity index is 1.63. The van der Waals surface area contributed by atoms with E-state index in [1.807, 2.05) is 6.20 Å². The number of nitrogens with two attached hydrogens (primary N) is 1. The molecule has 0 spiro atoms. The standard InChI is InChI=1S/C14H23N5/c15-10-14(11-17-4-1-12(14)2-5-17)19-8-7-18-6-3-16-13(18)9-19/h3,6,12H,1-2,4-5,7-11,15H2. The van der Waals surface area contributed by atoms with Crippen molar-refractivity contribution in [1.29, 1.82) is 0 Å². The van der Waals surface area contributed by atoms with Gasteiger partial charge in [0.2, 0.25) is 0 Å². The normalized spacial score (nSPS) is 38.4. The predicted octanol–water partition coefficient (Wildman–Crippen LogP) is 0.122. The van der Waals surface area contributed by atoms with Gasteiger partial charge >= 0.3 is 0 Å². The van der Waals surface area contributed by atoms with Gasteiger partial charge in [-0.3, -0.25) is 4.90 Å². The Morgan fingerprint density at radius 3 is 2.79 bits per heavy atom. The highest BCUT2D eigenvalue weighted by atomic mass is 15.3. The summed E-state index contributed by atoms with van der Waals surface area (Å²) in [5, 5.41) is 0. The van der Waals surface area contributed by atoms with E-state index in [1.165, 1.54) is 31.8 Å². The highest BCUT2D eigenvalue weighted by Crippen LogP contribution is 2.40. The monoisotopic (exact) mass is 261 g/mol. The highest BCUT2D eigenvalue weighted by molar-refractivity contribution is 5.09. The van der Waals surface area contributed by atoms with Gasteiger partial charge in [0.05, 0.1) is 6.54 Å². The third kappa shape index (κ3) is 1.68. The van der Waals surface area contributed by atoms with Crippen LogP contribution in [0.25, 0.3) is 0 Å². The lowest BCUT2D eigenvalue weighted by Gasteiger charge is -2.58. The number of aromatic nitrogens is 2. The summed E-state index contributed by atoms with van der Waals surface area (Å²) in [5.74, 6) is 1.99. The van der Waals surface area contributed by atoms with Crippen LogP contribution in [0.4, 0.5) is 0 Å². The van der Waals surface area contributed by atoms with Crippen LogP contribution < -0.4 is 5.73 Å². The fourth-order valence-corrected chi connectivity index (χ4v) is 4.42. The van der Waals surface area contributed by atoms with E-state index in [-0.39, 0.29) is 5.54 Å². The molecule has 1 atom stereocenters. The molecule has 4 aliphatic rings. The minimum atomic E-state index is 0.202. The smallest absolute Gasteiger partial charge is 0.122 e. The van der Waals surface area contributed by atoms with Gasteiger partial charge in [0.1, 0.15) is 5.82 Å². The SMILES string of the molecule is NCC1(N2CCn3ccnc3C2)CN2CCC1CC2. The van der Waals surface area contributed by atoms with Crippen LogP contribution in [-0.4, -0.2) is 57.6 Å². The molecule has 104 valence electrons. The molecule has 3 saturated heterocycles. The molecular weight excluding hydrogens is 238 g/mol. The fraction of sp³-hybridized carbons (Fsp3) is 0.786. The summed E-state index contributed by atoms with van der Waals surface area (Å²) in [6.07, 6.45) is 6.66. The van der Waals surface area contributed by atoms with E-state index in [0.717, 1.165) is 38.6 Å². The van der Waals surface area contributed by atoms with Crippen LogP contribution in [-0.2, 0) is 13.1 Å². The lowest BCUT2D eigenvalue weighted by atomic mass is 9.71. The van der Waals surface area contributed by atoms with Crippen molar-refractivity contribution in [2.24, 2.45) is 11.7 Å². The van der Waals surface area contributed by atoms with E-state index in [9.17, 15) is 0 Å². The molecule has 0 aliphatic carbocycles. The average molecular weight is 261 g/mol. The van der Waals surface area contributed by atoms with Crippen LogP contribution in [0.2, 0.25) is 0 Å². The van der Waals surface area contributed by atoms with Crippen LogP contribution in [0.1, 0.15) is 18.7 Å². The molecule has 0 saturated carbocycles. The largest absolute Gasteiger partial charge is 0.333 e. The molecule has 5 nitrogen and oxygen atoms in total. The maximum Gasteiger partial charge on any atom is 0.122 e. The highest BCUT2D eigenvalue weighted by Gasteiger charge is 2.49. The fourth-order valence-electron chi connectivity index (χ4n) is 4.42. The van der Waals surface area contributed by atoms with Gasteiger partial charge in [0, 0.05) is 44.1 Å². The number of fused-ring (bicyclic) bond motifs is 4. The van der Waals surface area contributed by atoms with Crippen molar-refractivity contribution in [2.75, 3.05) is 32.7 Å². The Morgan fingerprint density at radius 2 is 2.11 bits per heavy atom. The van der Waals surface area contributed by atoms with Gasteiger partial charge in [0.15, 0.2) is 0 Å². The number of hydrogen-bond donors (Lipinski definition) is 1. The summed E-state index contributed by atoms with van der Waals surface area (Å²) in [6.45, 7) is 7.64. The maximum absolute atomic E-state index is 6.26. The van der Waals surface area contributed by atoms with Gasteiger partial charge in [0.25, 0.3) is 0 Å². The lowest BCUT2D eigenvalue weighted by Crippen LogP contribution is -2.70. The number of rotatable bonds is 2. The van der Waals surface area contributed by atoms with Crippen molar-refractivity contribution in [1.82, 2.24) is 19.4 Å². The van der Waals surface area contributed by atoms with E-state index in [1.54, 1.807) is 0 Å². The van der Waals surface area contributed by atoms with Crippen molar-refractivity contribution in [2.45, 2.75) is 31.5 Å². The first-order valence-electron chi connectivity index (χ1n) is 7.49. The third-order valence-electron chi connectivity index (χ3n) is 5.57. The number of piperidine rings is 3. The molecule has 2 N–H and O–H groups in total. The molecular formula is C14H23N5. The Bertz CT molecular complexity index is 462. The second-order valence-corrected chi connectivity index (χ2v) is 6.32. The summed E-state index contributed by atoms with van der Waals surface area (Å²) in [7, 11) is 0. The van der Waals surface area contributed by atoms with Crippen LogP contribution in [0.15, 0.2) is 12.4 Å². The molecule has 4 aliphatic heterocycles. The lowest BCUT2D eigenvalue weighted by molar-refractivity contribution is -0.0783. The van der Waals surface area contributed by atoms with Gasteiger partial charge in [-0.2, -0.15) is 0 Å². The van der Waals surface area contributed by atoms with Crippen LogP contribution in [0.3, 0.4) is 0 Å². The average Bonchev–Trinajstić information content (AvgIpc) is 2.95. The third-order valence-corrected chi connectivity index (χ3v) is 5.57. The molecule has 0 aromatic carbocycles. The number of imidazole rings is 1. The van der Waals surface area contributed by atoms with E-state index < -0.39 is 0 Å².